The van der Waals surface area contributed by atoms with Crippen molar-refractivity contribution >= 4 is 17.5 Å². The monoisotopic (exact) mass is 549 g/mol. The Morgan fingerprint density at radius 1 is 0.923 bits per heavy atom. The number of aryl methyl sites for hydroxylation is 1. The lowest BCUT2D eigenvalue weighted by atomic mass is 9.74. The van der Waals surface area contributed by atoms with E-state index in [1.165, 1.54) is 64.2 Å². The molecule has 1 N–H and O–H groups in total. The van der Waals surface area contributed by atoms with E-state index in [4.69, 9.17) is 16.6 Å². The first-order valence-corrected chi connectivity index (χ1v) is 15.5. The first-order chi connectivity index (χ1) is 18.9. The van der Waals surface area contributed by atoms with Gasteiger partial charge in [0.05, 0.1) is 11.4 Å². The van der Waals surface area contributed by atoms with Gasteiger partial charge in [-0.05, 0) is 82.1 Å². The summed E-state index contributed by atoms with van der Waals surface area (Å²) in [4.78, 5) is 23.0. The van der Waals surface area contributed by atoms with E-state index in [9.17, 15) is 4.79 Å². The molecule has 7 heteroatoms. The third kappa shape index (κ3) is 6.42. The second-order valence-electron chi connectivity index (χ2n) is 12.0. The fourth-order valence-corrected chi connectivity index (χ4v) is 7.23. The van der Waals surface area contributed by atoms with Crippen molar-refractivity contribution in [3.8, 4) is 17.1 Å². The van der Waals surface area contributed by atoms with Crippen molar-refractivity contribution in [1.29, 1.82) is 0 Å². The molecule has 2 fully saturated rings. The van der Waals surface area contributed by atoms with Gasteiger partial charge >= 0.3 is 5.69 Å². The van der Waals surface area contributed by atoms with E-state index in [1.807, 2.05) is 51.1 Å². The van der Waals surface area contributed by atoms with Gasteiger partial charge < -0.3 is 5.32 Å². The fraction of sp³-hybridized carbons (Fsp3) is 0.594. The summed E-state index contributed by atoms with van der Waals surface area (Å²) in [5.74, 6) is 2.39. The smallest absolute Gasteiger partial charge is 0.334 e. The first-order valence-electron chi connectivity index (χ1n) is 15.1. The molecule has 2 aliphatic rings. The molecule has 2 saturated carbocycles. The van der Waals surface area contributed by atoms with E-state index >= 15 is 0 Å². The molecular formula is C32H44ClN5O. The van der Waals surface area contributed by atoms with Crippen LogP contribution in [0.15, 0.2) is 41.3 Å². The van der Waals surface area contributed by atoms with Crippen molar-refractivity contribution in [2.24, 2.45) is 11.8 Å². The van der Waals surface area contributed by atoms with Gasteiger partial charge in [-0.1, -0.05) is 75.1 Å². The maximum Gasteiger partial charge on any atom is 0.334 e. The molecule has 39 heavy (non-hydrogen) atoms. The summed E-state index contributed by atoms with van der Waals surface area (Å²) in [6.07, 6.45) is 18.0. The standard InChI is InChI=1S/C32H44ClN5O/c1-22(2)37-30(33)29(38(32(37)39)27-14-10-11-23(3)21-27)28-19-20-34-31(36-28)35-26-17-15-25(16-18-26)24-12-8-6-4-5-7-9-13-24/h10-11,14,19-22,24-26H,4-9,12-13,15-18H2,1-3H3,(H,34,35,36). The second kappa shape index (κ2) is 12.7. The van der Waals surface area contributed by atoms with Crippen molar-refractivity contribution < 1.29 is 0 Å². The van der Waals surface area contributed by atoms with Crippen LogP contribution in [0.4, 0.5) is 5.95 Å². The van der Waals surface area contributed by atoms with Crippen molar-refractivity contribution in [2.75, 3.05) is 5.32 Å². The number of hydrogen-bond donors (Lipinski definition) is 1. The lowest BCUT2D eigenvalue weighted by Gasteiger charge is -2.34. The molecule has 0 unspecified atom stereocenters. The Morgan fingerprint density at radius 3 is 2.26 bits per heavy atom. The molecule has 0 amide bonds. The summed E-state index contributed by atoms with van der Waals surface area (Å²) in [5.41, 5.74) is 2.96. The summed E-state index contributed by atoms with van der Waals surface area (Å²) < 4.78 is 3.32. The molecule has 0 radical (unpaired) electrons. The molecule has 0 bridgehead atoms. The number of nitrogens with zero attached hydrogens (tertiary/aromatic N) is 4. The van der Waals surface area contributed by atoms with E-state index in [1.54, 1.807) is 15.3 Å². The van der Waals surface area contributed by atoms with Gasteiger partial charge in [0.25, 0.3) is 0 Å². The number of benzene rings is 1. The van der Waals surface area contributed by atoms with Gasteiger partial charge in [-0.2, -0.15) is 0 Å². The number of halogens is 1. The van der Waals surface area contributed by atoms with Crippen LogP contribution in [0, 0.1) is 18.8 Å². The highest BCUT2D eigenvalue weighted by atomic mass is 35.5. The Labute approximate surface area is 238 Å². The molecule has 5 rings (SSSR count). The van der Waals surface area contributed by atoms with E-state index < -0.39 is 0 Å². The van der Waals surface area contributed by atoms with Crippen LogP contribution in [-0.2, 0) is 0 Å². The van der Waals surface area contributed by atoms with Gasteiger partial charge in [0.15, 0.2) is 0 Å². The minimum Gasteiger partial charge on any atom is -0.351 e. The zero-order chi connectivity index (χ0) is 27.4. The van der Waals surface area contributed by atoms with Gasteiger partial charge in [0.1, 0.15) is 10.8 Å². The summed E-state index contributed by atoms with van der Waals surface area (Å²) >= 11 is 6.88. The van der Waals surface area contributed by atoms with Crippen LogP contribution < -0.4 is 11.0 Å². The van der Waals surface area contributed by atoms with Crippen LogP contribution >= 0.6 is 11.6 Å². The van der Waals surface area contributed by atoms with Crippen LogP contribution in [0.2, 0.25) is 5.15 Å². The molecule has 1 aromatic carbocycles. The summed E-state index contributed by atoms with van der Waals surface area (Å²) in [6.45, 7) is 5.97. The number of hydrogen-bond acceptors (Lipinski definition) is 4. The molecule has 2 aromatic heterocycles. The van der Waals surface area contributed by atoms with Crippen LogP contribution in [0.5, 0.6) is 0 Å². The minimum atomic E-state index is -0.160. The average Bonchev–Trinajstić information content (AvgIpc) is 3.27. The van der Waals surface area contributed by atoms with Gasteiger partial charge in [0.2, 0.25) is 5.95 Å². The average molecular weight is 550 g/mol. The Morgan fingerprint density at radius 2 is 1.59 bits per heavy atom. The molecule has 0 saturated heterocycles. The Bertz CT molecular complexity index is 1290. The summed E-state index contributed by atoms with van der Waals surface area (Å²) in [6, 6.07) is 10.1. The van der Waals surface area contributed by atoms with Crippen LogP contribution in [0.1, 0.15) is 103 Å². The SMILES string of the molecule is Cc1cccc(-n2c(-c3ccnc(NC4CCC(C5CCCCCCCC5)CC4)n3)c(Cl)n(C(C)C)c2=O)c1. The number of aromatic nitrogens is 4. The molecule has 0 spiro atoms. The minimum absolute atomic E-state index is 0.0772. The predicted molar refractivity (Wildman–Crippen MR) is 161 cm³/mol. The van der Waals surface area contributed by atoms with E-state index in [-0.39, 0.29) is 11.7 Å². The van der Waals surface area contributed by atoms with Crippen molar-refractivity contribution in [1.82, 2.24) is 19.1 Å². The molecular weight excluding hydrogens is 506 g/mol. The third-order valence-corrected chi connectivity index (χ3v) is 9.24. The van der Waals surface area contributed by atoms with Crippen LogP contribution in [0.25, 0.3) is 17.1 Å². The number of imidazole rings is 1. The van der Waals surface area contributed by atoms with Gasteiger partial charge in [-0.3, -0.25) is 9.13 Å². The molecule has 6 nitrogen and oxygen atoms in total. The molecule has 210 valence electrons. The molecule has 3 aromatic rings. The quantitative estimate of drug-likeness (QED) is 0.335. The Hall–Kier alpha value is -2.60. The van der Waals surface area contributed by atoms with Gasteiger partial charge in [0, 0.05) is 18.3 Å². The van der Waals surface area contributed by atoms with Crippen LogP contribution in [-0.4, -0.2) is 25.1 Å². The largest absolute Gasteiger partial charge is 0.351 e. The second-order valence-corrected chi connectivity index (χ2v) is 12.4. The van der Waals surface area contributed by atoms with E-state index in [0.717, 1.165) is 35.9 Å². The maximum atomic E-state index is 13.5. The highest BCUT2D eigenvalue weighted by Crippen LogP contribution is 2.38. The Balaban J connectivity index is 1.34. The lowest BCUT2D eigenvalue weighted by Crippen LogP contribution is -2.30. The molecule has 0 aliphatic heterocycles. The number of rotatable bonds is 6. The topological polar surface area (TPSA) is 64.7 Å². The zero-order valence-electron chi connectivity index (χ0n) is 23.8. The maximum absolute atomic E-state index is 13.5. The van der Waals surface area contributed by atoms with Crippen molar-refractivity contribution in [3.63, 3.8) is 0 Å². The normalized spacial score (nSPS) is 21.4. The highest BCUT2D eigenvalue weighted by molar-refractivity contribution is 6.32. The third-order valence-electron chi connectivity index (χ3n) is 8.87. The number of anilines is 1. The predicted octanol–water partition coefficient (Wildman–Crippen LogP) is 8.36. The summed E-state index contributed by atoms with van der Waals surface area (Å²) in [7, 11) is 0. The van der Waals surface area contributed by atoms with Crippen molar-refractivity contribution in [3.05, 3.63) is 57.7 Å². The lowest BCUT2D eigenvalue weighted by molar-refractivity contribution is 0.211. The number of nitrogens with one attached hydrogen (secondary N) is 1. The Kier molecular flexibility index (Phi) is 9.11. The van der Waals surface area contributed by atoms with Crippen LogP contribution in [0.3, 0.4) is 0 Å². The van der Waals surface area contributed by atoms with Gasteiger partial charge in [-0.15, -0.1) is 0 Å². The molecule has 2 heterocycles. The van der Waals surface area contributed by atoms with Gasteiger partial charge in [-0.25, -0.2) is 14.8 Å². The molecule has 0 atom stereocenters. The van der Waals surface area contributed by atoms with E-state index in [2.05, 4.69) is 10.3 Å². The van der Waals surface area contributed by atoms with Crippen molar-refractivity contribution in [2.45, 2.75) is 110 Å². The zero-order valence-corrected chi connectivity index (χ0v) is 24.6. The molecule has 2 aliphatic carbocycles. The highest BCUT2D eigenvalue weighted by Gasteiger charge is 2.28. The van der Waals surface area contributed by atoms with E-state index in [0.29, 0.717) is 28.5 Å². The fourth-order valence-electron chi connectivity index (χ4n) is 6.78. The first kappa shape index (κ1) is 27.9. The summed E-state index contributed by atoms with van der Waals surface area (Å²) in [5, 5.41) is 4.02.